The fourth-order valence-electron chi connectivity index (χ4n) is 2.63. The van der Waals surface area contributed by atoms with Crippen LogP contribution < -0.4 is 5.32 Å². The first-order chi connectivity index (χ1) is 11.8. The first kappa shape index (κ1) is 18.8. The van der Waals surface area contributed by atoms with Gasteiger partial charge in [-0.15, -0.1) is 0 Å². The number of hydrogen-bond donors (Lipinski definition) is 2. The number of aromatic nitrogens is 1. The molecule has 0 saturated carbocycles. The summed E-state index contributed by atoms with van der Waals surface area (Å²) in [6.45, 7) is 8.41. The number of carbonyl (C=O) groups excluding carboxylic acids is 2. The van der Waals surface area contributed by atoms with Crippen LogP contribution in [0, 0.1) is 0 Å². The van der Waals surface area contributed by atoms with E-state index < -0.39 is 11.7 Å². The highest BCUT2D eigenvalue weighted by molar-refractivity contribution is 5.83. The molecule has 0 aliphatic rings. The van der Waals surface area contributed by atoms with Crippen LogP contribution in [0.25, 0.3) is 10.9 Å². The minimum absolute atomic E-state index is 0.00849. The van der Waals surface area contributed by atoms with Crippen LogP contribution in [-0.2, 0) is 16.0 Å². The predicted octanol–water partition coefficient (Wildman–Crippen LogP) is 3.08. The van der Waals surface area contributed by atoms with E-state index in [0.29, 0.717) is 19.6 Å². The smallest absolute Gasteiger partial charge is 0.407 e. The largest absolute Gasteiger partial charge is 0.444 e. The van der Waals surface area contributed by atoms with Crippen molar-refractivity contribution < 1.29 is 14.3 Å². The second kappa shape index (κ2) is 8.05. The SMILES string of the molecule is CC(=O)N(CCNC(=O)OC(C)(C)C)CCc1c[nH]c2ccccc12. The van der Waals surface area contributed by atoms with Crippen molar-refractivity contribution in [1.29, 1.82) is 0 Å². The van der Waals surface area contributed by atoms with E-state index in [2.05, 4.69) is 16.4 Å². The van der Waals surface area contributed by atoms with Gasteiger partial charge in [0.15, 0.2) is 0 Å². The maximum absolute atomic E-state index is 11.8. The van der Waals surface area contributed by atoms with Crippen molar-refractivity contribution in [3.05, 3.63) is 36.0 Å². The third-order valence-corrected chi connectivity index (χ3v) is 3.82. The number of H-pyrrole nitrogens is 1. The quantitative estimate of drug-likeness (QED) is 0.845. The summed E-state index contributed by atoms with van der Waals surface area (Å²) in [6.07, 6.45) is 2.28. The van der Waals surface area contributed by atoms with Crippen molar-refractivity contribution in [1.82, 2.24) is 15.2 Å². The van der Waals surface area contributed by atoms with Gasteiger partial charge in [0.2, 0.25) is 5.91 Å². The Morgan fingerprint density at radius 1 is 1.20 bits per heavy atom. The van der Waals surface area contributed by atoms with E-state index in [4.69, 9.17) is 4.74 Å². The Morgan fingerprint density at radius 2 is 1.92 bits per heavy atom. The highest BCUT2D eigenvalue weighted by Gasteiger charge is 2.16. The van der Waals surface area contributed by atoms with E-state index in [1.807, 2.05) is 45.2 Å². The van der Waals surface area contributed by atoms with Crippen molar-refractivity contribution in [2.45, 2.75) is 39.7 Å². The third-order valence-electron chi connectivity index (χ3n) is 3.82. The van der Waals surface area contributed by atoms with Gasteiger partial charge < -0.3 is 19.9 Å². The average Bonchev–Trinajstić information content (AvgIpc) is 2.92. The Balaban J connectivity index is 1.85. The van der Waals surface area contributed by atoms with Gasteiger partial charge in [-0.2, -0.15) is 0 Å². The number of aromatic amines is 1. The molecule has 1 aromatic heterocycles. The Kier molecular flexibility index (Phi) is 6.07. The average molecular weight is 345 g/mol. The molecule has 0 bridgehead atoms. The zero-order valence-electron chi connectivity index (χ0n) is 15.4. The molecule has 6 nitrogen and oxygen atoms in total. The minimum atomic E-state index is -0.528. The predicted molar refractivity (Wildman–Crippen MR) is 98.5 cm³/mol. The monoisotopic (exact) mass is 345 g/mol. The highest BCUT2D eigenvalue weighted by Crippen LogP contribution is 2.18. The number of benzene rings is 1. The molecule has 25 heavy (non-hydrogen) atoms. The number of hydrogen-bond acceptors (Lipinski definition) is 3. The van der Waals surface area contributed by atoms with Crippen LogP contribution >= 0.6 is 0 Å². The summed E-state index contributed by atoms with van der Waals surface area (Å²) in [6, 6.07) is 8.11. The summed E-state index contributed by atoms with van der Waals surface area (Å²) >= 11 is 0. The lowest BCUT2D eigenvalue weighted by Gasteiger charge is -2.23. The summed E-state index contributed by atoms with van der Waals surface area (Å²) in [5.41, 5.74) is 1.75. The molecule has 1 heterocycles. The minimum Gasteiger partial charge on any atom is -0.444 e. The molecule has 2 aromatic rings. The van der Waals surface area contributed by atoms with Crippen LogP contribution in [0.2, 0.25) is 0 Å². The van der Waals surface area contributed by atoms with Gasteiger partial charge in [-0.1, -0.05) is 18.2 Å². The van der Waals surface area contributed by atoms with E-state index in [1.165, 1.54) is 10.9 Å². The number of rotatable bonds is 6. The van der Waals surface area contributed by atoms with E-state index in [-0.39, 0.29) is 5.91 Å². The number of carbonyl (C=O) groups is 2. The molecule has 0 spiro atoms. The Hall–Kier alpha value is -2.50. The van der Waals surface area contributed by atoms with Crippen molar-refractivity contribution in [2.24, 2.45) is 0 Å². The Labute approximate surface area is 148 Å². The van der Waals surface area contributed by atoms with E-state index in [9.17, 15) is 9.59 Å². The van der Waals surface area contributed by atoms with Gasteiger partial charge in [0.05, 0.1) is 0 Å². The Morgan fingerprint density at radius 3 is 2.60 bits per heavy atom. The first-order valence-corrected chi connectivity index (χ1v) is 8.53. The van der Waals surface area contributed by atoms with Gasteiger partial charge in [-0.05, 0) is 38.8 Å². The molecule has 2 N–H and O–H groups in total. The normalized spacial score (nSPS) is 11.4. The summed E-state index contributed by atoms with van der Waals surface area (Å²) in [7, 11) is 0. The summed E-state index contributed by atoms with van der Waals surface area (Å²) in [4.78, 5) is 28.5. The molecule has 136 valence electrons. The number of alkyl carbamates (subject to hydrolysis) is 1. The van der Waals surface area contributed by atoms with Crippen molar-refractivity contribution in [3.8, 4) is 0 Å². The zero-order valence-corrected chi connectivity index (χ0v) is 15.4. The van der Waals surface area contributed by atoms with Gasteiger partial charge in [0.1, 0.15) is 5.60 Å². The molecule has 6 heteroatoms. The fourth-order valence-corrected chi connectivity index (χ4v) is 2.63. The van der Waals surface area contributed by atoms with Crippen molar-refractivity contribution in [2.75, 3.05) is 19.6 Å². The molecule has 0 saturated heterocycles. The maximum Gasteiger partial charge on any atom is 0.407 e. The summed E-state index contributed by atoms with van der Waals surface area (Å²) in [5.74, 6) is -0.00849. The topological polar surface area (TPSA) is 74.4 Å². The molecule has 0 aliphatic carbocycles. The number of ether oxygens (including phenoxy) is 1. The van der Waals surface area contributed by atoms with Crippen molar-refractivity contribution >= 4 is 22.9 Å². The number of amides is 2. The molecule has 2 rings (SSSR count). The van der Waals surface area contributed by atoms with Gasteiger partial charge >= 0.3 is 6.09 Å². The van der Waals surface area contributed by atoms with Gasteiger partial charge in [0.25, 0.3) is 0 Å². The lowest BCUT2D eigenvalue weighted by atomic mass is 10.1. The van der Waals surface area contributed by atoms with Crippen LogP contribution in [0.15, 0.2) is 30.5 Å². The second-order valence-electron chi connectivity index (χ2n) is 7.04. The molecule has 0 atom stereocenters. The number of nitrogens with one attached hydrogen (secondary N) is 2. The van der Waals surface area contributed by atoms with Crippen LogP contribution in [0.3, 0.4) is 0 Å². The van der Waals surface area contributed by atoms with Crippen molar-refractivity contribution in [3.63, 3.8) is 0 Å². The van der Waals surface area contributed by atoms with Crippen LogP contribution in [0.5, 0.6) is 0 Å². The molecule has 0 fully saturated rings. The van der Waals surface area contributed by atoms with Crippen LogP contribution in [0.1, 0.15) is 33.3 Å². The molecule has 1 aromatic carbocycles. The lowest BCUT2D eigenvalue weighted by molar-refractivity contribution is -0.128. The molecular weight excluding hydrogens is 318 g/mol. The third kappa shape index (κ3) is 5.81. The van der Waals surface area contributed by atoms with E-state index in [1.54, 1.807) is 11.8 Å². The van der Waals surface area contributed by atoms with E-state index in [0.717, 1.165) is 11.9 Å². The maximum atomic E-state index is 11.8. The van der Waals surface area contributed by atoms with Gasteiger partial charge in [0, 0.05) is 43.7 Å². The lowest BCUT2D eigenvalue weighted by Crippen LogP contribution is -2.40. The summed E-state index contributed by atoms with van der Waals surface area (Å²) in [5, 5.41) is 3.86. The van der Waals surface area contributed by atoms with Gasteiger partial charge in [-0.25, -0.2) is 4.79 Å². The molecule has 0 aliphatic heterocycles. The standard InChI is InChI=1S/C19H27N3O3/c1-14(23)22(12-10-20-18(24)25-19(2,3)4)11-9-15-13-21-17-8-6-5-7-16(15)17/h5-8,13,21H,9-12H2,1-4H3,(H,20,24). The molecule has 0 radical (unpaired) electrons. The Bertz CT molecular complexity index is 731. The van der Waals surface area contributed by atoms with E-state index >= 15 is 0 Å². The molecular formula is C19H27N3O3. The summed E-state index contributed by atoms with van der Waals surface area (Å²) < 4.78 is 5.19. The first-order valence-electron chi connectivity index (χ1n) is 8.53. The second-order valence-corrected chi connectivity index (χ2v) is 7.04. The molecule has 0 unspecified atom stereocenters. The number of fused-ring (bicyclic) bond motifs is 1. The number of para-hydroxylation sites is 1. The van der Waals surface area contributed by atoms with Gasteiger partial charge in [-0.3, -0.25) is 4.79 Å². The van der Waals surface area contributed by atoms with Crippen LogP contribution in [0.4, 0.5) is 4.79 Å². The fraction of sp³-hybridized carbons (Fsp3) is 0.474. The zero-order chi connectivity index (χ0) is 18.4. The highest BCUT2D eigenvalue weighted by atomic mass is 16.6. The molecule has 2 amide bonds. The number of nitrogens with zero attached hydrogens (tertiary/aromatic N) is 1. The van der Waals surface area contributed by atoms with Crippen LogP contribution in [-0.4, -0.2) is 47.1 Å².